The van der Waals surface area contributed by atoms with Crippen LogP contribution < -0.4 is 4.74 Å². The molecule has 1 saturated carbocycles. The Hall–Kier alpha value is -1.53. The first-order chi connectivity index (χ1) is 10.0. The van der Waals surface area contributed by atoms with Gasteiger partial charge in [0.2, 0.25) is 0 Å². The average molecular weight is 287 g/mol. The van der Waals surface area contributed by atoms with Crippen molar-refractivity contribution in [1.29, 1.82) is 5.26 Å². The van der Waals surface area contributed by atoms with E-state index in [0.29, 0.717) is 5.92 Å². The largest absolute Gasteiger partial charge is 0.491 e. The Kier molecular flexibility index (Phi) is 4.90. The van der Waals surface area contributed by atoms with E-state index in [9.17, 15) is 10.4 Å². The fourth-order valence-corrected chi connectivity index (χ4v) is 3.29. The highest BCUT2D eigenvalue weighted by atomic mass is 16.5. The zero-order valence-corrected chi connectivity index (χ0v) is 13.2. The molecule has 3 nitrogen and oxygen atoms in total. The number of hydrogen-bond donors (Lipinski definition) is 1. The Balaban J connectivity index is 2.22. The van der Waals surface area contributed by atoms with E-state index in [0.717, 1.165) is 37.0 Å². The number of nitrogens with zero attached hydrogens (tertiary/aromatic N) is 1. The summed E-state index contributed by atoms with van der Waals surface area (Å²) in [5, 5.41) is 20.4. The van der Waals surface area contributed by atoms with Crippen molar-refractivity contribution < 1.29 is 9.84 Å². The molecule has 1 N–H and O–H groups in total. The lowest BCUT2D eigenvalue weighted by atomic mass is 9.78. The molecule has 3 heteroatoms. The number of rotatable bonds is 5. The molecule has 114 valence electrons. The minimum atomic E-state index is -0.741. The van der Waals surface area contributed by atoms with Gasteiger partial charge < -0.3 is 9.84 Å². The summed E-state index contributed by atoms with van der Waals surface area (Å²) in [6.45, 7) is 6.10. The van der Waals surface area contributed by atoms with E-state index in [4.69, 9.17) is 4.74 Å². The number of aliphatic hydroxyl groups excluding tert-OH is 1. The van der Waals surface area contributed by atoms with Crippen molar-refractivity contribution in [2.75, 3.05) is 0 Å². The summed E-state index contributed by atoms with van der Waals surface area (Å²) in [5.74, 6) is 1.30. The Bertz CT molecular complexity index is 520. The van der Waals surface area contributed by atoms with Crippen LogP contribution in [0.4, 0.5) is 0 Å². The Morgan fingerprint density at radius 1 is 1.48 bits per heavy atom. The van der Waals surface area contributed by atoms with E-state index in [1.165, 1.54) is 0 Å². The zero-order chi connectivity index (χ0) is 15.5. The number of hydrogen-bond acceptors (Lipinski definition) is 3. The molecule has 21 heavy (non-hydrogen) atoms. The third-order valence-corrected chi connectivity index (χ3v) is 4.52. The van der Waals surface area contributed by atoms with Crippen LogP contribution in [0.15, 0.2) is 24.3 Å². The number of benzene rings is 1. The van der Waals surface area contributed by atoms with E-state index in [1.54, 1.807) is 0 Å². The van der Waals surface area contributed by atoms with Gasteiger partial charge in [0.15, 0.2) is 0 Å². The highest BCUT2D eigenvalue weighted by Crippen LogP contribution is 2.50. The van der Waals surface area contributed by atoms with Gasteiger partial charge in [-0.05, 0) is 56.7 Å². The number of ether oxygens (including phenoxy) is 1. The van der Waals surface area contributed by atoms with Crippen LogP contribution in [0.3, 0.4) is 0 Å². The second-order valence-electron chi connectivity index (χ2n) is 6.43. The van der Waals surface area contributed by atoms with E-state index >= 15 is 0 Å². The van der Waals surface area contributed by atoms with Gasteiger partial charge >= 0.3 is 0 Å². The minimum absolute atomic E-state index is 0.0956. The molecular weight excluding hydrogens is 262 g/mol. The molecule has 0 aromatic heterocycles. The first-order valence-electron chi connectivity index (χ1n) is 7.86. The van der Waals surface area contributed by atoms with Crippen molar-refractivity contribution >= 4 is 0 Å². The first-order valence-corrected chi connectivity index (χ1v) is 7.86. The summed E-state index contributed by atoms with van der Waals surface area (Å²) in [7, 11) is 0. The van der Waals surface area contributed by atoms with Gasteiger partial charge in [-0.2, -0.15) is 5.26 Å². The molecule has 0 amide bonds. The summed E-state index contributed by atoms with van der Waals surface area (Å²) >= 11 is 0. The number of nitriles is 1. The van der Waals surface area contributed by atoms with Crippen LogP contribution >= 0.6 is 0 Å². The van der Waals surface area contributed by atoms with E-state index < -0.39 is 11.5 Å². The summed E-state index contributed by atoms with van der Waals surface area (Å²) in [5.41, 5.74) is 0.142. The maximum atomic E-state index is 10.8. The zero-order valence-electron chi connectivity index (χ0n) is 13.2. The molecule has 0 radical (unpaired) electrons. The van der Waals surface area contributed by atoms with E-state index in [-0.39, 0.29) is 6.10 Å². The van der Waals surface area contributed by atoms with Gasteiger partial charge in [-0.3, -0.25) is 0 Å². The van der Waals surface area contributed by atoms with E-state index in [2.05, 4.69) is 13.0 Å². The van der Waals surface area contributed by atoms with Gasteiger partial charge in [0, 0.05) is 0 Å². The predicted molar refractivity (Wildman–Crippen MR) is 82.8 cm³/mol. The molecule has 0 saturated heterocycles. The lowest BCUT2D eigenvalue weighted by Crippen LogP contribution is -2.24. The van der Waals surface area contributed by atoms with Crippen LogP contribution in [0.25, 0.3) is 0 Å². The maximum absolute atomic E-state index is 10.8. The normalized spacial score (nSPS) is 26.6. The van der Waals surface area contributed by atoms with E-state index in [1.807, 2.05) is 38.1 Å². The summed E-state index contributed by atoms with van der Waals surface area (Å²) in [4.78, 5) is 0. The van der Waals surface area contributed by atoms with Crippen molar-refractivity contribution in [1.82, 2.24) is 0 Å². The lowest BCUT2D eigenvalue weighted by molar-refractivity contribution is 0.0637. The molecular formula is C18H25NO2. The first kappa shape index (κ1) is 15.9. The van der Waals surface area contributed by atoms with Crippen LogP contribution in [0.5, 0.6) is 5.75 Å². The third kappa shape index (κ3) is 3.39. The van der Waals surface area contributed by atoms with Crippen LogP contribution in [-0.2, 0) is 0 Å². The summed E-state index contributed by atoms with van der Waals surface area (Å²) < 4.78 is 5.68. The molecule has 0 bridgehead atoms. The van der Waals surface area contributed by atoms with Gasteiger partial charge in [0.1, 0.15) is 5.75 Å². The molecule has 3 unspecified atom stereocenters. The van der Waals surface area contributed by atoms with Crippen molar-refractivity contribution in [3.05, 3.63) is 29.8 Å². The van der Waals surface area contributed by atoms with Crippen LogP contribution in [0.1, 0.15) is 58.1 Å². The smallest absolute Gasteiger partial charge is 0.120 e. The maximum Gasteiger partial charge on any atom is 0.120 e. The summed E-state index contributed by atoms with van der Waals surface area (Å²) in [6, 6.07) is 9.93. The molecule has 1 aliphatic carbocycles. The van der Waals surface area contributed by atoms with Crippen molar-refractivity contribution in [2.45, 2.75) is 58.7 Å². The van der Waals surface area contributed by atoms with Crippen LogP contribution in [0.2, 0.25) is 0 Å². The van der Waals surface area contributed by atoms with Crippen LogP contribution in [-0.4, -0.2) is 11.2 Å². The fraction of sp³-hybridized carbons (Fsp3) is 0.611. The quantitative estimate of drug-likeness (QED) is 0.881. The van der Waals surface area contributed by atoms with Crippen molar-refractivity contribution in [3.8, 4) is 11.8 Å². The van der Waals surface area contributed by atoms with Gasteiger partial charge in [-0.15, -0.1) is 0 Å². The molecule has 0 spiro atoms. The molecule has 1 aromatic carbocycles. The standard InChI is InChI=1S/C18H25NO2/c1-4-14-8-9-18(11-14,12-19)17(20)15-6-5-7-16(10-15)21-13(2)3/h5-7,10,13-14,17,20H,4,8-9,11H2,1-3H3. The van der Waals surface area contributed by atoms with Gasteiger partial charge in [0.05, 0.1) is 23.7 Å². The van der Waals surface area contributed by atoms with Crippen LogP contribution in [0, 0.1) is 22.7 Å². The molecule has 0 aliphatic heterocycles. The Morgan fingerprint density at radius 2 is 2.24 bits per heavy atom. The SMILES string of the molecule is CCC1CCC(C#N)(C(O)c2cccc(OC(C)C)c2)C1. The monoisotopic (exact) mass is 287 g/mol. The second kappa shape index (κ2) is 6.49. The summed E-state index contributed by atoms with van der Waals surface area (Å²) in [6.07, 6.45) is 3.03. The highest BCUT2D eigenvalue weighted by Gasteiger charge is 2.45. The molecule has 3 atom stereocenters. The molecule has 1 fully saturated rings. The highest BCUT2D eigenvalue weighted by molar-refractivity contribution is 5.32. The Morgan fingerprint density at radius 3 is 2.81 bits per heavy atom. The minimum Gasteiger partial charge on any atom is -0.491 e. The molecule has 2 rings (SSSR count). The van der Waals surface area contributed by atoms with Crippen molar-refractivity contribution in [2.24, 2.45) is 11.3 Å². The van der Waals surface area contributed by atoms with Gasteiger partial charge in [-0.1, -0.05) is 25.5 Å². The third-order valence-electron chi connectivity index (χ3n) is 4.52. The van der Waals surface area contributed by atoms with Crippen molar-refractivity contribution in [3.63, 3.8) is 0 Å². The lowest BCUT2D eigenvalue weighted by Gasteiger charge is -2.28. The molecule has 0 heterocycles. The number of aliphatic hydroxyl groups is 1. The Labute approximate surface area is 127 Å². The average Bonchev–Trinajstić information content (AvgIpc) is 2.91. The fourth-order valence-electron chi connectivity index (χ4n) is 3.29. The van der Waals surface area contributed by atoms with Gasteiger partial charge in [-0.25, -0.2) is 0 Å². The van der Waals surface area contributed by atoms with Gasteiger partial charge in [0.25, 0.3) is 0 Å². The topological polar surface area (TPSA) is 53.2 Å². The molecule has 1 aromatic rings. The predicted octanol–water partition coefficient (Wildman–Crippen LogP) is 4.23. The second-order valence-corrected chi connectivity index (χ2v) is 6.43. The molecule has 1 aliphatic rings.